The highest BCUT2D eigenvalue weighted by Crippen LogP contribution is 2.27. The first kappa shape index (κ1) is 20.0. The van der Waals surface area contributed by atoms with E-state index >= 15 is 0 Å². The van der Waals surface area contributed by atoms with Crippen molar-refractivity contribution in [1.82, 2.24) is 19.1 Å². The summed E-state index contributed by atoms with van der Waals surface area (Å²) in [6.07, 6.45) is 0.850. The van der Waals surface area contributed by atoms with Gasteiger partial charge in [0.1, 0.15) is 17.3 Å². The number of aliphatic hydroxyl groups is 1. The fraction of sp³-hybridized carbons (Fsp3) is 0.211. The third-order valence-corrected chi connectivity index (χ3v) is 6.30. The molecule has 0 bridgehead atoms. The van der Waals surface area contributed by atoms with Crippen LogP contribution in [0.15, 0.2) is 53.7 Å². The summed E-state index contributed by atoms with van der Waals surface area (Å²) in [5, 5.41) is 14.3. The largest absolute Gasteiger partial charge is 0.497 e. The van der Waals surface area contributed by atoms with Gasteiger partial charge in [0.15, 0.2) is 6.10 Å². The van der Waals surface area contributed by atoms with Crippen LogP contribution in [0.4, 0.5) is 4.39 Å². The zero-order valence-electron chi connectivity index (χ0n) is 15.8. The highest BCUT2D eigenvalue weighted by molar-refractivity contribution is 7.89. The third-order valence-electron chi connectivity index (χ3n) is 4.75. The number of aromatic nitrogens is 3. The molecule has 0 spiro atoms. The van der Waals surface area contributed by atoms with Gasteiger partial charge in [-0.05, 0) is 36.4 Å². The normalized spacial score (nSPS) is 14.4. The Kier molecular flexibility index (Phi) is 5.00. The molecule has 2 aromatic heterocycles. The Morgan fingerprint density at radius 2 is 1.97 bits per heavy atom. The lowest BCUT2D eigenvalue weighted by molar-refractivity contribution is -0.141. The van der Waals surface area contributed by atoms with E-state index in [4.69, 9.17) is 4.74 Å². The van der Waals surface area contributed by atoms with Crippen LogP contribution >= 0.6 is 0 Å². The number of benzene rings is 1. The van der Waals surface area contributed by atoms with Gasteiger partial charge >= 0.3 is 0 Å². The van der Waals surface area contributed by atoms with Crippen molar-refractivity contribution in [2.75, 3.05) is 7.11 Å². The zero-order chi connectivity index (χ0) is 21.5. The van der Waals surface area contributed by atoms with Crippen molar-refractivity contribution >= 4 is 15.9 Å². The van der Waals surface area contributed by atoms with E-state index in [1.165, 1.54) is 54.7 Å². The summed E-state index contributed by atoms with van der Waals surface area (Å²) in [7, 11) is -2.43. The Labute approximate surface area is 171 Å². The van der Waals surface area contributed by atoms with Crippen LogP contribution in [-0.4, -0.2) is 45.6 Å². The molecule has 0 saturated carbocycles. The average molecular weight is 432 g/mol. The number of ether oxygens (including phenoxy) is 1. The van der Waals surface area contributed by atoms with Crippen molar-refractivity contribution in [3.05, 3.63) is 71.6 Å². The first-order chi connectivity index (χ1) is 14.3. The number of hydrogen-bond donors (Lipinski definition) is 1. The van der Waals surface area contributed by atoms with Gasteiger partial charge in [-0.2, -0.15) is 17.6 Å². The highest BCUT2D eigenvalue weighted by Gasteiger charge is 2.34. The Morgan fingerprint density at radius 1 is 1.23 bits per heavy atom. The van der Waals surface area contributed by atoms with E-state index in [1.54, 1.807) is 0 Å². The van der Waals surface area contributed by atoms with Crippen molar-refractivity contribution in [2.24, 2.45) is 0 Å². The van der Waals surface area contributed by atoms with E-state index in [0.717, 1.165) is 10.2 Å². The van der Waals surface area contributed by atoms with Crippen molar-refractivity contribution in [1.29, 1.82) is 0 Å². The van der Waals surface area contributed by atoms with Crippen LogP contribution < -0.4 is 4.74 Å². The molecular weight excluding hydrogens is 415 g/mol. The first-order valence-electron chi connectivity index (χ1n) is 8.85. The van der Waals surface area contributed by atoms with Crippen LogP contribution in [0, 0.1) is 5.82 Å². The molecule has 0 saturated heterocycles. The number of pyridine rings is 1. The van der Waals surface area contributed by atoms with Crippen LogP contribution in [0.3, 0.4) is 0 Å². The number of carbonyl (C=O) groups is 1. The van der Waals surface area contributed by atoms with Crippen molar-refractivity contribution in [3.8, 4) is 5.75 Å². The van der Waals surface area contributed by atoms with E-state index in [9.17, 15) is 22.7 Å². The molecule has 0 unspecified atom stereocenters. The lowest BCUT2D eigenvalue weighted by atomic mass is 10.2. The minimum Gasteiger partial charge on any atom is -0.497 e. The summed E-state index contributed by atoms with van der Waals surface area (Å²) in [5.41, 5.74) is 0.544. The van der Waals surface area contributed by atoms with Crippen LogP contribution in [-0.2, 0) is 27.9 Å². The zero-order valence-corrected chi connectivity index (χ0v) is 16.6. The monoisotopic (exact) mass is 432 g/mol. The number of halogens is 1. The van der Waals surface area contributed by atoms with Gasteiger partial charge in [-0.1, -0.05) is 0 Å². The van der Waals surface area contributed by atoms with Crippen molar-refractivity contribution in [2.45, 2.75) is 24.1 Å². The molecule has 1 aromatic carbocycles. The molecule has 1 N–H and O–H groups in total. The van der Waals surface area contributed by atoms with E-state index in [1.807, 2.05) is 0 Å². The lowest BCUT2D eigenvalue weighted by Crippen LogP contribution is -2.32. The number of fused-ring (bicyclic) bond motifs is 1. The maximum Gasteiger partial charge on any atom is 0.282 e. The third kappa shape index (κ3) is 3.42. The summed E-state index contributed by atoms with van der Waals surface area (Å²) >= 11 is 0. The summed E-state index contributed by atoms with van der Waals surface area (Å²) in [4.78, 5) is 17.6. The Morgan fingerprint density at radius 3 is 2.60 bits per heavy atom. The highest BCUT2D eigenvalue weighted by atomic mass is 32.2. The lowest BCUT2D eigenvalue weighted by Gasteiger charge is -2.19. The van der Waals surface area contributed by atoms with Crippen LogP contribution in [0.5, 0.6) is 5.75 Å². The van der Waals surface area contributed by atoms with Crippen molar-refractivity contribution in [3.63, 3.8) is 0 Å². The van der Waals surface area contributed by atoms with Gasteiger partial charge in [0.2, 0.25) is 0 Å². The Hall–Kier alpha value is -3.31. The molecule has 0 radical (unpaired) electrons. The summed E-state index contributed by atoms with van der Waals surface area (Å²) in [5.74, 6) is -1.00. The van der Waals surface area contributed by atoms with Crippen LogP contribution in [0.25, 0.3) is 0 Å². The minimum absolute atomic E-state index is 0.00912. The molecule has 30 heavy (non-hydrogen) atoms. The van der Waals surface area contributed by atoms with Gasteiger partial charge in [-0.15, -0.1) is 0 Å². The maximum atomic E-state index is 13.8. The van der Waals surface area contributed by atoms with E-state index in [2.05, 4.69) is 10.1 Å². The number of nitrogens with zero attached hydrogens (tertiary/aromatic N) is 4. The van der Waals surface area contributed by atoms with Crippen LogP contribution in [0.1, 0.15) is 23.1 Å². The number of methoxy groups -OCH3 is 1. The quantitative estimate of drug-likeness (QED) is 0.645. The molecule has 3 heterocycles. The summed E-state index contributed by atoms with van der Waals surface area (Å²) < 4.78 is 45.2. The SMILES string of the molecule is COc1ccc(S(=O)(=O)n2cc3c(n2)CN(C(=O)[C@H](O)c2ncccc2F)C3)cc1. The minimum atomic E-state index is -3.91. The number of aliphatic hydroxyl groups excluding tert-OH is 1. The fourth-order valence-electron chi connectivity index (χ4n) is 3.15. The first-order valence-corrected chi connectivity index (χ1v) is 10.3. The topological polar surface area (TPSA) is 115 Å². The average Bonchev–Trinajstić information content (AvgIpc) is 3.33. The van der Waals surface area contributed by atoms with E-state index in [-0.39, 0.29) is 23.7 Å². The molecule has 1 amide bonds. The molecule has 0 aliphatic carbocycles. The number of rotatable bonds is 5. The summed E-state index contributed by atoms with van der Waals surface area (Å²) in [6, 6.07) is 8.34. The van der Waals surface area contributed by atoms with E-state index < -0.39 is 27.9 Å². The van der Waals surface area contributed by atoms with Gasteiger partial charge in [-0.25, -0.2) is 4.39 Å². The number of hydrogen-bond acceptors (Lipinski definition) is 7. The van der Waals surface area contributed by atoms with Crippen LogP contribution in [0.2, 0.25) is 0 Å². The molecule has 1 aliphatic heterocycles. The molecule has 3 aromatic rings. The van der Waals surface area contributed by atoms with Crippen molar-refractivity contribution < 1.29 is 27.4 Å². The second-order valence-corrected chi connectivity index (χ2v) is 8.42. The van der Waals surface area contributed by atoms with Gasteiger partial charge in [0.05, 0.1) is 24.2 Å². The predicted octanol–water partition coefficient (Wildman–Crippen LogP) is 1.24. The molecule has 156 valence electrons. The second-order valence-electron chi connectivity index (χ2n) is 6.62. The van der Waals surface area contributed by atoms with Gasteiger partial charge in [0.25, 0.3) is 15.9 Å². The molecule has 0 fully saturated rings. The molecule has 1 aliphatic rings. The second kappa shape index (κ2) is 7.50. The standard InChI is InChI=1S/C19H17FN4O5S/c1-29-13-4-6-14(7-5-13)30(27,28)24-10-12-9-23(11-16(12)22-24)19(26)18(25)17-15(20)3-2-8-21-17/h2-8,10,18,25H,9,11H2,1H3/t18-/m1/s1. The number of carbonyl (C=O) groups excluding carboxylic acids is 1. The molecular formula is C19H17FN4O5S. The van der Waals surface area contributed by atoms with E-state index in [0.29, 0.717) is 17.0 Å². The smallest absolute Gasteiger partial charge is 0.282 e. The Bertz CT molecular complexity index is 1190. The molecule has 4 rings (SSSR count). The molecule has 11 heteroatoms. The van der Waals surface area contributed by atoms with Gasteiger partial charge in [0, 0.05) is 24.5 Å². The molecule has 9 nitrogen and oxygen atoms in total. The predicted molar refractivity (Wildman–Crippen MR) is 101 cm³/mol. The number of amides is 1. The Balaban J connectivity index is 1.52. The maximum absolute atomic E-state index is 13.8. The van der Waals surface area contributed by atoms with Gasteiger partial charge < -0.3 is 14.7 Å². The van der Waals surface area contributed by atoms with Gasteiger partial charge in [-0.3, -0.25) is 9.78 Å². The fourth-order valence-corrected chi connectivity index (χ4v) is 4.32. The molecule has 1 atom stereocenters. The summed E-state index contributed by atoms with van der Waals surface area (Å²) in [6.45, 7) is 0.0304.